The van der Waals surface area contributed by atoms with Crippen molar-refractivity contribution in [3.8, 4) is 0 Å². The summed E-state index contributed by atoms with van der Waals surface area (Å²) < 4.78 is 1.75. The number of thioether (sulfide) groups is 1. The van der Waals surface area contributed by atoms with Gasteiger partial charge in [0.05, 0.1) is 17.3 Å². The van der Waals surface area contributed by atoms with E-state index in [-0.39, 0.29) is 17.7 Å². The van der Waals surface area contributed by atoms with Crippen molar-refractivity contribution in [1.82, 2.24) is 19.6 Å². The summed E-state index contributed by atoms with van der Waals surface area (Å²) in [7, 11) is 0. The van der Waals surface area contributed by atoms with Crippen molar-refractivity contribution in [2.24, 2.45) is 5.73 Å². The number of pyridine rings is 1. The van der Waals surface area contributed by atoms with Gasteiger partial charge in [0.25, 0.3) is 0 Å². The summed E-state index contributed by atoms with van der Waals surface area (Å²) in [6.45, 7) is 2.02. The Bertz CT molecular complexity index is 1180. The van der Waals surface area contributed by atoms with Crippen molar-refractivity contribution in [3.05, 3.63) is 59.5 Å². The zero-order chi connectivity index (χ0) is 19.7. The molecule has 142 valence electrons. The summed E-state index contributed by atoms with van der Waals surface area (Å²) in [5.74, 6) is 0.479. The molecule has 3 aromatic heterocycles. The first-order chi connectivity index (χ1) is 13.5. The molecule has 9 heteroatoms. The van der Waals surface area contributed by atoms with Crippen LogP contribution in [0.3, 0.4) is 0 Å². The normalized spacial score (nSPS) is 12.4. The van der Waals surface area contributed by atoms with Crippen molar-refractivity contribution in [2.45, 2.75) is 18.0 Å². The van der Waals surface area contributed by atoms with Crippen LogP contribution >= 0.6 is 23.4 Å². The highest BCUT2D eigenvalue weighted by atomic mass is 35.5. The molecule has 0 fully saturated rings. The van der Waals surface area contributed by atoms with Crippen LogP contribution in [0.2, 0.25) is 5.02 Å². The van der Waals surface area contributed by atoms with Gasteiger partial charge in [-0.2, -0.15) is 5.10 Å². The van der Waals surface area contributed by atoms with Crippen LogP contribution in [0, 0.1) is 0 Å². The van der Waals surface area contributed by atoms with Crippen LogP contribution in [0.1, 0.15) is 18.5 Å². The molecule has 1 amide bonds. The van der Waals surface area contributed by atoms with Crippen LogP contribution < -0.4 is 11.1 Å². The summed E-state index contributed by atoms with van der Waals surface area (Å²) in [4.78, 5) is 20.4. The molecular weight excluding hydrogens is 396 g/mol. The van der Waals surface area contributed by atoms with Crippen LogP contribution in [0.15, 0.2) is 53.9 Å². The fourth-order valence-electron chi connectivity index (χ4n) is 2.97. The number of primary amides is 1. The minimum Gasteiger partial charge on any atom is -0.369 e. The number of nitrogens with one attached hydrogen (secondary N) is 1. The number of anilines is 1. The van der Waals surface area contributed by atoms with Gasteiger partial charge in [0.2, 0.25) is 5.91 Å². The number of rotatable bonds is 6. The van der Waals surface area contributed by atoms with E-state index in [9.17, 15) is 4.79 Å². The van der Waals surface area contributed by atoms with Crippen molar-refractivity contribution >= 4 is 51.5 Å². The molecular formula is C19H17ClN6OS. The van der Waals surface area contributed by atoms with Crippen molar-refractivity contribution in [1.29, 1.82) is 0 Å². The van der Waals surface area contributed by atoms with Gasteiger partial charge < -0.3 is 11.1 Å². The Balaban J connectivity index is 1.74. The second-order valence-electron chi connectivity index (χ2n) is 6.29. The number of nitrogens with two attached hydrogens (primary N) is 1. The van der Waals surface area contributed by atoms with E-state index in [1.807, 2.05) is 43.5 Å². The standard InChI is InChI=1S/C19H17ClN6OS/c1-11(24-18-16-3-2-6-26(16)23-10-22-18)14-8-12-7-13(20)4-5-15(12)25-19(14)28-9-17(21)27/h2-8,10-11H,9H2,1H3,(H2,21,27)(H,22,23,24). The lowest BCUT2D eigenvalue weighted by atomic mass is 10.1. The maximum atomic E-state index is 11.3. The van der Waals surface area contributed by atoms with Gasteiger partial charge in [0, 0.05) is 22.2 Å². The molecule has 0 bridgehead atoms. The highest BCUT2D eigenvalue weighted by molar-refractivity contribution is 7.99. The number of hydrogen-bond acceptors (Lipinski definition) is 6. The average Bonchev–Trinajstić information content (AvgIpc) is 3.15. The number of nitrogens with zero attached hydrogens (tertiary/aromatic N) is 4. The van der Waals surface area contributed by atoms with Gasteiger partial charge in [0.15, 0.2) is 5.82 Å². The summed E-state index contributed by atoms with van der Waals surface area (Å²) in [5.41, 5.74) is 7.95. The fraction of sp³-hybridized carbons (Fsp3) is 0.158. The van der Waals surface area contributed by atoms with Crippen LogP contribution in [0.4, 0.5) is 5.82 Å². The molecule has 0 saturated carbocycles. The largest absolute Gasteiger partial charge is 0.369 e. The lowest BCUT2D eigenvalue weighted by Crippen LogP contribution is -2.15. The molecule has 3 heterocycles. The Kier molecular flexibility index (Phi) is 5.06. The lowest BCUT2D eigenvalue weighted by molar-refractivity contribution is -0.115. The molecule has 0 spiro atoms. The minimum atomic E-state index is -0.389. The maximum Gasteiger partial charge on any atom is 0.227 e. The second-order valence-corrected chi connectivity index (χ2v) is 7.69. The monoisotopic (exact) mass is 412 g/mol. The van der Waals surface area contributed by atoms with Crippen LogP contribution in [0.25, 0.3) is 16.4 Å². The predicted octanol–water partition coefficient (Wildman–Crippen LogP) is 3.68. The van der Waals surface area contributed by atoms with Crippen LogP contribution in [-0.2, 0) is 4.79 Å². The third kappa shape index (κ3) is 3.74. The quantitative estimate of drug-likeness (QED) is 0.469. The molecule has 1 aromatic carbocycles. The summed E-state index contributed by atoms with van der Waals surface area (Å²) in [6.07, 6.45) is 3.36. The number of benzene rings is 1. The van der Waals surface area contributed by atoms with E-state index < -0.39 is 0 Å². The third-order valence-corrected chi connectivity index (χ3v) is 5.54. The number of amides is 1. The number of aromatic nitrogens is 4. The van der Waals surface area contributed by atoms with E-state index >= 15 is 0 Å². The number of hydrogen-bond donors (Lipinski definition) is 2. The first-order valence-electron chi connectivity index (χ1n) is 8.57. The zero-order valence-electron chi connectivity index (χ0n) is 15.0. The van der Waals surface area contributed by atoms with Crippen molar-refractivity contribution in [2.75, 3.05) is 11.1 Å². The van der Waals surface area contributed by atoms with Gasteiger partial charge in [0.1, 0.15) is 16.9 Å². The third-order valence-electron chi connectivity index (χ3n) is 4.27. The summed E-state index contributed by atoms with van der Waals surface area (Å²) in [5, 5.41) is 9.92. The Morgan fingerprint density at radius 1 is 1.36 bits per heavy atom. The van der Waals surface area contributed by atoms with E-state index in [0.29, 0.717) is 10.8 Å². The van der Waals surface area contributed by atoms with Crippen LogP contribution in [-0.4, -0.2) is 31.2 Å². The molecule has 4 aromatic rings. The highest BCUT2D eigenvalue weighted by Gasteiger charge is 2.17. The molecule has 28 heavy (non-hydrogen) atoms. The van der Waals surface area contributed by atoms with E-state index in [4.69, 9.17) is 22.3 Å². The first kappa shape index (κ1) is 18.5. The van der Waals surface area contributed by atoms with Gasteiger partial charge in [-0.15, -0.1) is 0 Å². The van der Waals surface area contributed by atoms with Crippen molar-refractivity contribution < 1.29 is 4.79 Å². The smallest absolute Gasteiger partial charge is 0.227 e. The fourth-order valence-corrected chi connectivity index (χ4v) is 4.00. The second kappa shape index (κ2) is 7.65. The Morgan fingerprint density at radius 2 is 2.21 bits per heavy atom. The van der Waals surface area contributed by atoms with Gasteiger partial charge in [-0.3, -0.25) is 4.79 Å². The summed E-state index contributed by atoms with van der Waals surface area (Å²) >= 11 is 7.47. The Morgan fingerprint density at radius 3 is 3.04 bits per heavy atom. The molecule has 3 N–H and O–H groups in total. The molecule has 1 atom stereocenters. The predicted molar refractivity (Wildman–Crippen MR) is 112 cm³/mol. The average molecular weight is 413 g/mol. The molecule has 4 rings (SSSR count). The van der Waals surface area contributed by atoms with E-state index in [1.54, 1.807) is 10.6 Å². The van der Waals surface area contributed by atoms with Gasteiger partial charge in [-0.25, -0.2) is 14.5 Å². The molecule has 0 aliphatic rings. The number of carbonyl (C=O) groups excluding carboxylic acids is 1. The van der Waals surface area contributed by atoms with Gasteiger partial charge in [-0.05, 0) is 43.3 Å². The zero-order valence-corrected chi connectivity index (χ0v) is 16.5. The number of carbonyl (C=O) groups is 1. The molecule has 0 saturated heterocycles. The van der Waals surface area contributed by atoms with Crippen molar-refractivity contribution in [3.63, 3.8) is 0 Å². The minimum absolute atomic E-state index is 0.125. The molecule has 0 radical (unpaired) electrons. The lowest BCUT2D eigenvalue weighted by Gasteiger charge is -2.19. The number of halogens is 1. The summed E-state index contributed by atoms with van der Waals surface area (Å²) in [6, 6.07) is 11.3. The number of fused-ring (bicyclic) bond motifs is 2. The topological polar surface area (TPSA) is 98.2 Å². The molecule has 0 aliphatic carbocycles. The highest BCUT2D eigenvalue weighted by Crippen LogP contribution is 2.32. The first-order valence-corrected chi connectivity index (χ1v) is 9.94. The molecule has 7 nitrogen and oxygen atoms in total. The van der Waals surface area contributed by atoms with E-state index in [0.717, 1.165) is 27.0 Å². The Labute approximate surface area is 170 Å². The molecule has 0 aliphatic heterocycles. The Hall–Kier alpha value is -2.84. The SMILES string of the molecule is CC(Nc1ncnn2cccc12)c1cc2cc(Cl)ccc2nc1SCC(N)=O. The van der Waals surface area contributed by atoms with E-state index in [1.165, 1.54) is 18.1 Å². The van der Waals surface area contributed by atoms with Crippen LogP contribution in [0.5, 0.6) is 0 Å². The molecule has 1 unspecified atom stereocenters. The van der Waals surface area contributed by atoms with Gasteiger partial charge >= 0.3 is 0 Å². The maximum absolute atomic E-state index is 11.3. The van der Waals surface area contributed by atoms with Gasteiger partial charge in [-0.1, -0.05) is 23.4 Å². The van der Waals surface area contributed by atoms with E-state index in [2.05, 4.69) is 15.4 Å².